The van der Waals surface area contributed by atoms with Crippen LogP contribution in [0.15, 0.2) is 28.7 Å². The topological polar surface area (TPSA) is 91.7 Å². The van der Waals surface area contributed by atoms with Gasteiger partial charge < -0.3 is 10.2 Å². The van der Waals surface area contributed by atoms with Crippen molar-refractivity contribution in [3.8, 4) is 0 Å². The highest BCUT2D eigenvalue weighted by Crippen LogP contribution is 2.63. The number of carboxylic acids is 1. The first kappa shape index (κ1) is 15.5. The number of halogens is 1. The fourth-order valence-electron chi connectivity index (χ4n) is 2.77. The molecule has 2 rings (SSSR count). The van der Waals surface area contributed by atoms with Crippen molar-refractivity contribution < 1.29 is 23.4 Å². The van der Waals surface area contributed by atoms with Crippen molar-refractivity contribution in [3.63, 3.8) is 0 Å². The van der Waals surface area contributed by atoms with Crippen LogP contribution in [0.5, 0.6) is 0 Å². The summed E-state index contributed by atoms with van der Waals surface area (Å²) in [5.41, 5.74) is -1.01. The third-order valence-electron chi connectivity index (χ3n) is 3.93. The fourth-order valence-corrected chi connectivity index (χ4v) is 5.09. The van der Waals surface area contributed by atoms with Crippen LogP contribution in [0.25, 0.3) is 0 Å². The maximum Gasteiger partial charge on any atom is 0.314 e. The number of hydrogen-bond donors (Lipinski definition) is 2. The number of sulfone groups is 1. The minimum Gasteiger partial charge on any atom is -0.481 e. The van der Waals surface area contributed by atoms with Gasteiger partial charge in [0.1, 0.15) is 5.41 Å². The number of carbonyl (C=O) groups is 1. The average Bonchev–Trinajstić information content (AvgIpc) is 3.11. The van der Waals surface area contributed by atoms with Gasteiger partial charge in [0.25, 0.3) is 0 Å². The van der Waals surface area contributed by atoms with Crippen LogP contribution in [0.2, 0.25) is 0 Å². The van der Waals surface area contributed by atoms with Crippen molar-refractivity contribution in [1.29, 1.82) is 0 Å². The van der Waals surface area contributed by atoms with Crippen LogP contribution in [-0.2, 0) is 14.6 Å². The first-order chi connectivity index (χ1) is 9.31. The van der Waals surface area contributed by atoms with Crippen LogP contribution in [-0.4, -0.2) is 42.2 Å². The van der Waals surface area contributed by atoms with Gasteiger partial charge in [-0.2, -0.15) is 0 Å². The van der Waals surface area contributed by atoms with Crippen molar-refractivity contribution in [3.05, 3.63) is 34.3 Å². The molecule has 2 N–H and O–H groups in total. The van der Waals surface area contributed by atoms with Crippen LogP contribution in [0.4, 0.5) is 0 Å². The Balaban J connectivity index is 2.50. The van der Waals surface area contributed by atoms with Crippen LogP contribution < -0.4 is 0 Å². The zero-order chi connectivity index (χ0) is 15.1. The highest BCUT2D eigenvalue weighted by Gasteiger charge is 2.75. The summed E-state index contributed by atoms with van der Waals surface area (Å²) in [7, 11) is -3.55. The Labute approximate surface area is 125 Å². The molecule has 0 saturated heterocycles. The van der Waals surface area contributed by atoms with Gasteiger partial charge in [-0.25, -0.2) is 8.42 Å². The minimum absolute atomic E-state index is 0.139. The molecular formula is C13H15BrO5S. The molecule has 0 aromatic heterocycles. The molecule has 0 amide bonds. The van der Waals surface area contributed by atoms with Crippen molar-refractivity contribution in [1.82, 2.24) is 0 Å². The standard InChI is InChI=1S/C13H15BrO5S/c1-2-20(18,19)11-10(13(11,7-15)12(16)17)8-3-5-9(14)6-4-8/h3-6,10-11,15H,2,7H2,1H3,(H,16,17)/t10-,11+,13-/m0/s1. The second-order valence-corrected chi connectivity index (χ2v) is 8.23. The number of rotatable bonds is 5. The normalized spacial score (nSPS) is 29.1. The van der Waals surface area contributed by atoms with Crippen LogP contribution in [0, 0.1) is 5.41 Å². The van der Waals surface area contributed by atoms with Gasteiger partial charge in [-0.1, -0.05) is 35.0 Å². The van der Waals surface area contributed by atoms with Gasteiger partial charge in [-0.05, 0) is 17.7 Å². The predicted molar refractivity (Wildman–Crippen MR) is 77.3 cm³/mol. The monoisotopic (exact) mass is 362 g/mol. The van der Waals surface area contributed by atoms with E-state index in [-0.39, 0.29) is 5.75 Å². The van der Waals surface area contributed by atoms with Crippen molar-refractivity contribution in [2.75, 3.05) is 12.4 Å². The summed E-state index contributed by atoms with van der Waals surface area (Å²) < 4.78 is 25.0. The summed E-state index contributed by atoms with van der Waals surface area (Å²) in [6.45, 7) is 0.795. The molecule has 0 aliphatic heterocycles. The second kappa shape index (κ2) is 5.13. The molecule has 1 fully saturated rings. The van der Waals surface area contributed by atoms with E-state index >= 15 is 0 Å². The fraction of sp³-hybridized carbons (Fsp3) is 0.462. The molecule has 1 saturated carbocycles. The van der Waals surface area contributed by atoms with Gasteiger partial charge in [-0.15, -0.1) is 0 Å². The third kappa shape index (κ3) is 2.17. The van der Waals surface area contributed by atoms with Gasteiger partial charge in [0, 0.05) is 16.1 Å². The minimum atomic E-state index is -3.55. The Morgan fingerprint density at radius 1 is 1.35 bits per heavy atom. The molecule has 1 aliphatic rings. The Morgan fingerprint density at radius 3 is 2.30 bits per heavy atom. The Morgan fingerprint density at radius 2 is 1.90 bits per heavy atom. The van der Waals surface area contributed by atoms with E-state index in [1.54, 1.807) is 24.3 Å². The molecule has 0 unspecified atom stereocenters. The Hall–Kier alpha value is -0.920. The van der Waals surface area contributed by atoms with Gasteiger partial charge >= 0.3 is 5.97 Å². The molecular weight excluding hydrogens is 348 g/mol. The maximum atomic E-state index is 12.1. The molecule has 1 aromatic carbocycles. The molecule has 1 aliphatic carbocycles. The molecule has 0 radical (unpaired) electrons. The first-order valence-corrected chi connectivity index (χ1v) is 8.63. The third-order valence-corrected chi connectivity index (χ3v) is 6.73. The summed E-state index contributed by atoms with van der Waals surface area (Å²) >= 11 is 3.27. The molecule has 3 atom stereocenters. The number of benzene rings is 1. The van der Waals surface area contributed by atoms with Gasteiger partial charge in [-0.3, -0.25) is 4.79 Å². The zero-order valence-electron chi connectivity index (χ0n) is 10.8. The summed E-state index contributed by atoms with van der Waals surface area (Å²) in [6.07, 6.45) is 0. The Bertz CT molecular complexity index is 625. The van der Waals surface area contributed by atoms with E-state index in [1.165, 1.54) is 6.92 Å². The lowest BCUT2D eigenvalue weighted by Gasteiger charge is -2.08. The van der Waals surface area contributed by atoms with E-state index in [0.29, 0.717) is 5.56 Å². The largest absolute Gasteiger partial charge is 0.481 e. The van der Waals surface area contributed by atoms with E-state index < -0.39 is 39.0 Å². The highest BCUT2D eigenvalue weighted by molar-refractivity contribution is 9.10. The SMILES string of the molecule is CCS(=O)(=O)[C@@H]1[C@H](c2ccc(Br)cc2)[C@]1(CO)C(=O)O. The van der Waals surface area contributed by atoms with Crippen LogP contribution in [0.3, 0.4) is 0 Å². The molecule has 1 aromatic rings. The Kier molecular flexibility index (Phi) is 3.96. The molecule has 5 nitrogen and oxygen atoms in total. The molecule has 20 heavy (non-hydrogen) atoms. The van der Waals surface area contributed by atoms with Crippen molar-refractivity contribution in [2.45, 2.75) is 18.1 Å². The van der Waals surface area contributed by atoms with Crippen LogP contribution in [0.1, 0.15) is 18.4 Å². The van der Waals surface area contributed by atoms with Crippen LogP contribution >= 0.6 is 15.9 Å². The van der Waals surface area contributed by atoms with E-state index in [4.69, 9.17) is 0 Å². The smallest absolute Gasteiger partial charge is 0.314 e. The van der Waals surface area contributed by atoms with Crippen molar-refractivity contribution in [2.24, 2.45) is 5.41 Å². The van der Waals surface area contributed by atoms with E-state index in [2.05, 4.69) is 15.9 Å². The molecule has 0 heterocycles. The number of hydrogen-bond acceptors (Lipinski definition) is 4. The summed E-state index contributed by atoms with van der Waals surface area (Å²) in [4.78, 5) is 11.5. The van der Waals surface area contributed by atoms with Crippen molar-refractivity contribution >= 4 is 31.7 Å². The summed E-state index contributed by atoms with van der Waals surface area (Å²) in [5, 5.41) is 17.8. The number of aliphatic carboxylic acids is 1. The molecule has 0 spiro atoms. The first-order valence-electron chi connectivity index (χ1n) is 6.12. The quantitative estimate of drug-likeness (QED) is 0.826. The van der Waals surface area contributed by atoms with E-state index in [1.807, 2.05) is 0 Å². The second-order valence-electron chi connectivity index (χ2n) is 4.90. The number of aliphatic hydroxyl groups is 1. The molecule has 110 valence electrons. The zero-order valence-corrected chi connectivity index (χ0v) is 13.2. The highest BCUT2D eigenvalue weighted by atomic mass is 79.9. The number of aliphatic hydroxyl groups excluding tert-OH is 1. The maximum absolute atomic E-state index is 12.1. The lowest BCUT2D eigenvalue weighted by atomic mass is 10.0. The lowest BCUT2D eigenvalue weighted by molar-refractivity contribution is -0.145. The average molecular weight is 363 g/mol. The summed E-state index contributed by atoms with van der Waals surface area (Å²) in [5.74, 6) is -2.11. The van der Waals surface area contributed by atoms with Gasteiger partial charge in [0.2, 0.25) is 0 Å². The molecule has 7 heteroatoms. The van der Waals surface area contributed by atoms with E-state index in [0.717, 1.165) is 4.47 Å². The predicted octanol–water partition coefficient (Wildman–Crippen LogP) is 1.41. The van der Waals surface area contributed by atoms with E-state index in [9.17, 15) is 23.4 Å². The molecule has 0 bridgehead atoms. The van der Waals surface area contributed by atoms with Gasteiger partial charge in [0.15, 0.2) is 9.84 Å². The number of carboxylic acid groups (broad SMARTS) is 1. The van der Waals surface area contributed by atoms with Gasteiger partial charge in [0.05, 0.1) is 11.9 Å². The lowest BCUT2D eigenvalue weighted by Crippen LogP contribution is -2.28. The summed E-state index contributed by atoms with van der Waals surface area (Å²) in [6, 6.07) is 6.83.